The zero-order valence-corrected chi connectivity index (χ0v) is 14.2. The first-order chi connectivity index (χ1) is 10.3. The Bertz CT molecular complexity index is 371. The van der Waals surface area contributed by atoms with Crippen molar-refractivity contribution in [2.24, 2.45) is 4.99 Å². The van der Waals surface area contributed by atoms with Gasteiger partial charge in [0.05, 0.1) is 13.2 Å². The summed E-state index contributed by atoms with van der Waals surface area (Å²) in [5.74, 6) is 0.953. The minimum absolute atomic E-state index is 0.574. The van der Waals surface area contributed by atoms with E-state index in [1.807, 2.05) is 18.8 Å². The number of hydrogen-bond acceptors (Lipinski definition) is 3. The monoisotopic (exact) mass is 311 g/mol. The molecule has 5 heteroatoms. The van der Waals surface area contributed by atoms with E-state index in [1.165, 1.54) is 31.3 Å². The predicted octanol–water partition coefficient (Wildman–Crippen LogP) is 2.56. The van der Waals surface area contributed by atoms with Gasteiger partial charge in [-0.1, -0.05) is 18.1 Å². The summed E-state index contributed by atoms with van der Waals surface area (Å²) in [6, 6.07) is 0.574. The number of rotatable bonds is 5. The molecule has 0 radical (unpaired) electrons. The maximum Gasteiger partial charge on any atom is 0.191 e. The molecule has 1 saturated carbocycles. The molecule has 4 nitrogen and oxygen atoms in total. The van der Waals surface area contributed by atoms with E-state index in [-0.39, 0.29) is 0 Å². The second-order valence-corrected chi connectivity index (χ2v) is 6.94. The van der Waals surface area contributed by atoms with Crippen molar-refractivity contribution in [1.82, 2.24) is 10.6 Å². The van der Waals surface area contributed by atoms with Gasteiger partial charge in [0.1, 0.15) is 0 Å². The van der Waals surface area contributed by atoms with Gasteiger partial charge in [0.15, 0.2) is 5.96 Å². The van der Waals surface area contributed by atoms with Crippen molar-refractivity contribution < 1.29 is 4.74 Å². The molecule has 0 bridgehead atoms. The maximum absolute atomic E-state index is 5.33. The normalized spacial score (nSPS) is 27.1. The lowest BCUT2D eigenvalue weighted by Gasteiger charge is -2.30. The van der Waals surface area contributed by atoms with Crippen LogP contribution in [0.5, 0.6) is 0 Å². The van der Waals surface area contributed by atoms with Gasteiger partial charge in [0, 0.05) is 24.9 Å². The molecule has 2 rings (SSSR count). The van der Waals surface area contributed by atoms with Crippen molar-refractivity contribution in [1.29, 1.82) is 0 Å². The van der Waals surface area contributed by atoms with Gasteiger partial charge in [-0.2, -0.15) is 11.8 Å². The smallest absolute Gasteiger partial charge is 0.191 e. The minimum atomic E-state index is 0.574. The molecule has 2 aliphatic rings. The van der Waals surface area contributed by atoms with Crippen LogP contribution in [-0.4, -0.2) is 50.3 Å². The van der Waals surface area contributed by atoms with E-state index in [4.69, 9.17) is 4.74 Å². The lowest BCUT2D eigenvalue weighted by molar-refractivity contribution is 0.153. The highest BCUT2D eigenvalue weighted by Gasteiger charge is 2.21. The average molecular weight is 311 g/mol. The van der Waals surface area contributed by atoms with Gasteiger partial charge in [0.25, 0.3) is 0 Å². The van der Waals surface area contributed by atoms with E-state index in [2.05, 4.69) is 28.0 Å². The van der Waals surface area contributed by atoms with E-state index in [1.54, 1.807) is 0 Å². The van der Waals surface area contributed by atoms with Crippen molar-refractivity contribution in [3.63, 3.8) is 0 Å². The number of hydrogen-bond donors (Lipinski definition) is 2. The highest BCUT2D eigenvalue weighted by atomic mass is 32.2. The molecule has 0 amide bonds. The van der Waals surface area contributed by atoms with Gasteiger partial charge in [-0.05, 0) is 38.4 Å². The number of ether oxygens (including phenoxy) is 1. The Morgan fingerprint density at radius 1 is 1.48 bits per heavy atom. The quantitative estimate of drug-likeness (QED) is 0.465. The average Bonchev–Trinajstić information content (AvgIpc) is 2.55. The molecule has 1 aliphatic carbocycles. The first kappa shape index (κ1) is 16.7. The van der Waals surface area contributed by atoms with E-state index >= 15 is 0 Å². The Kier molecular flexibility index (Phi) is 7.44. The Labute approximate surface area is 133 Å². The highest BCUT2D eigenvalue weighted by Crippen LogP contribution is 2.26. The van der Waals surface area contributed by atoms with Gasteiger partial charge in [-0.25, -0.2) is 0 Å². The van der Waals surface area contributed by atoms with E-state index in [9.17, 15) is 0 Å². The van der Waals surface area contributed by atoms with Crippen LogP contribution in [0.4, 0.5) is 0 Å². The Morgan fingerprint density at radius 3 is 3.10 bits per heavy atom. The van der Waals surface area contributed by atoms with Crippen LogP contribution in [0.15, 0.2) is 16.6 Å². The molecule has 0 spiro atoms. The Morgan fingerprint density at radius 2 is 2.38 bits per heavy atom. The van der Waals surface area contributed by atoms with Crippen molar-refractivity contribution in [3.8, 4) is 0 Å². The van der Waals surface area contributed by atoms with Crippen molar-refractivity contribution in [3.05, 3.63) is 11.6 Å². The van der Waals surface area contributed by atoms with Crippen LogP contribution in [0.3, 0.4) is 0 Å². The molecular formula is C16H29N3OS. The lowest BCUT2D eigenvalue weighted by Crippen LogP contribution is -2.46. The second-order valence-electron chi connectivity index (χ2n) is 5.80. The molecule has 2 N–H and O–H groups in total. The third-order valence-corrected chi connectivity index (χ3v) is 5.41. The minimum Gasteiger partial charge on any atom is -0.377 e. The van der Waals surface area contributed by atoms with E-state index in [0.717, 1.165) is 43.8 Å². The Balaban J connectivity index is 1.69. The fraction of sp³-hybridized carbons (Fsp3) is 0.812. The fourth-order valence-electron chi connectivity index (χ4n) is 3.01. The van der Waals surface area contributed by atoms with Gasteiger partial charge in [0.2, 0.25) is 0 Å². The fourth-order valence-corrected chi connectivity index (χ4v) is 3.84. The Hall–Kier alpha value is -0.680. The van der Waals surface area contributed by atoms with Crippen molar-refractivity contribution in [2.75, 3.05) is 33.1 Å². The highest BCUT2D eigenvalue weighted by molar-refractivity contribution is 7.99. The number of nitrogens with one attached hydrogen (secondary N) is 2. The van der Waals surface area contributed by atoms with Crippen LogP contribution >= 0.6 is 11.8 Å². The van der Waals surface area contributed by atoms with Gasteiger partial charge >= 0.3 is 0 Å². The summed E-state index contributed by atoms with van der Waals surface area (Å²) in [5.41, 5.74) is 1.50. The van der Waals surface area contributed by atoms with Gasteiger partial charge < -0.3 is 15.4 Å². The maximum atomic E-state index is 5.33. The lowest BCUT2D eigenvalue weighted by atomic mass is 9.95. The zero-order chi connectivity index (χ0) is 14.9. The van der Waals surface area contributed by atoms with E-state index < -0.39 is 0 Å². The molecule has 0 saturated heterocycles. The molecule has 1 aliphatic heterocycles. The van der Waals surface area contributed by atoms with Crippen molar-refractivity contribution >= 4 is 17.7 Å². The molecule has 21 heavy (non-hydrogen) atoms. The number of nitrogens with zero attached hydrogens (tertiary/aromatic N) is 1. The first-order valence-corrected chi connectivity index (χ1v) is 9.36. The number of guanidine groups is 1. The number of aliphatic imine (C=N–C) groups is 1. The summed E-state index contributed by atoms with van der Waals surface area (Å²) in [4.78, 5) is 4.36. The first-order valence-electron chi connectivity index (χ1n) is 8.07. The molecule has 0 aromatic rings. The summed E-state index contributed by atoms with van der Waals surface area (Å²) in [6.07, 6.45) is 11.8. The third-order valence-electron chi connectivity index (χ3n) is 4.32. The summed E-state index contributed by atoms with van der Waals surface area (Å²) in [7, 11) is 1.86. The summed E-state index contributed by atoms with van der Waals surface area (Å²) in [6.45, 7) is 2.60. The molecule has 1 fully saturated rings. The molecule has 1 heterocycles. The topological polar surface area (TPSA) is 45.7 Å². The molecular weight excluding hydrogens is 282 g/mol. The SMILES string of the molecule is CN=C(NCCC1=CCOCC1)NC1CCCC(SC)C1. The molecule has 120 valence electrons. The largest absolute Gasteiger partial charge is 0.377 e. The molecule has 2 atom stereocenters. The van der Waals surface area contributed by atoms with Gasteiger partial charge in [-0.3, -0.25) is 4.99 Å². The second kappa shape index (κ2) is 9.36. The van der Waals surface area contributed by atoms with E-state index in [0.29, 0.717) is 6.04 Å². The summed E-state index contributed by atoms with van der Waals surface area (Å²) in [5, 5.41) is 7.84. The van der Waals surface area contributed by atoms with Crippen LogP contribution in [-0.2, 0) is 4.74 Å². The zero-order valence-electron chi connectivity index (χ0n) is 13.4. The summed E-state index contributed by atoms with van der Waals surface area (Å²) < 4.78 is 5.33. The standard InChI is InChI=1S/C16H29N3OS/c1-17-16(18-9-6-13-7-10-20-11-8-13)19-14-4-3-5-15(12-14)21-2/h7,14-15H,3-6,8-12H2,1-2H3,(H2,17,18,19). The van der Waals surface area contributed by atoms with Gasteiger partial charge in [-0.15, -0.1) is 0 Å². The number of thioether (sulfide) groups is 1. The molecule has 2 unspecified atom stereocenters. The van der Waals surface area contributed by atoms with Crippen LogP contribution < -0.4 is 10.6 Å². The summed E-state index contributed by atoms with van der Waals surface area (Å²) >= 11 is 2.00. The molecule has 0 aromatic heterocycles. The van der Waals surface area contributed by atoms with Crippen LogP contribution in [0.1, 0.15) is 38.5 Å². The van der Waals surface area contributed by atoms with Crippen LogP contribution in [0, 0.1) is 0 Å². The molecule has 0 aromatic carbocycles. The predicted molar refractivity (Wildman–Crippen MR) is 92.2 cm³/mol. The van der Waals surface area contributed by atoms with Crippen molar-refractivity contribution in [2.45, 2.75) is 49.8 Å². The van der Waals surface area contributed by atoms with Crippen LogP contribution in [0.2, 0.25) is 0 Å². The van der Waals surface area contributed by atoms with Crippen LogP contribution in [0.25, 0.3) is 0 Å². The third kappa shape index (κ3) is 5.91.